The van der Waals surface area contributed by atoms with Gasteiger partial charge in [-0.05, 0) is 53.5 Å². The molecular formula is C24H31NO2. The molecule has 3 nitrogen and oxygen atoms in total. The van der Waals surface area contributed by atoms with Gasteiger partial charge < -0.3 is 4.84 Å². The number of benzene rings is 2. The molecule has 0 saturated heterocycles. The first-order valence-corrected chi connectivity index (χ1v) is 10.0. The Morgan fingerprint density at radius 1 is 1.07 bits per heavy atom. The van der Waals surface area contributed by atoms with Crippen LogP contribution in [0.2, 0.25) is 0 Å². The molecule has 3 heteroatoms. The summed E-state index contributed by atoms with van der Waals surface area (Å²) in [7, 11) is 0. The number of hydrogen-bond acceptors (Lipinski definition) is 3. The summed E-state index contributed by atoms with van der Waals surface area (Å²) >= 11 is 0. The van der Waals surface area contributed by atoms with E-state index in [1.54, 1.807) is 6.21 Å². The van der Waals surface area contributed by atoms with Crippen molar-refractivity contribution in [2.75, 3.05) is 0 Å². The summed E-state index contributed by atoms with van der Waals surface area (Å²) in [5.41, 5.74) is 5.11. The minimum absolute atomic E-state index is 0.390. The van der Waals surface area contributed by atoms with E-state index in [1.165, 1.54) is 11.1 Å². The number of nitrogens with zero attached hydrogens (tertiary/aromatic N) is 1. The lowest BCUT2D eigenvalue weighted by Crippen LogP contribution is -2.06. The van der Waals surface area contributed by atoms with Crippen LogP contribution in [0.5, 0.6) is 0 Å². The van der Waals surface area contributed by atoms with Crippen LogP contribution in [0.25, 0.3) is 0 Å². The molecule has 0 N–H and O–H groups in total. The van der Waals surface area contributed by atoms with Crippen molar-refractivity contribution in [1.82, 2.24) is 0 Å². The Bertz CT molecular complexity index is 760. The molecule has 0 unspecified atom stereocenters. The number of hydrogen-bond donors (Lipinski definition) is 0. The number of rotatable bonds is 9. The second-order valence-electron chi connectivity index (χ2n) is 7.24. The molecule has 27 heavy (non-hydrogen) atoms. The average molecular weight is 366 g/mol. The molecule has 0 heterocycles. The van der Waals surface area contributed by atoms with Gasteiger partial charge in [-0.15, -0.1) is 0 Å². The second kappa shape index (κ2) is 10.7. The van der Waals surface area contributed by atoms with Crippen LogP contribution in [0.15, 0.2) is 47.6 Å². The first kappa shape index (κ1) is 20.9. The minimum Gasteiger partial charge on any atom is -0.313 e. The van der Waals surface area contributed by atoms with Gasteiger partial charge in [-0.2, -0.15) is 0 Å². The molecule has 0 amide bonds. The van der Waals surface area contributed by atoms with Gasteiger partial charge in [0, 0.05) is 0 Å². The number of aryl methyl sites for hydroxylation is 2. The minimum atomic E-state index is -0.390. The number of oxime groups is 1. The summed E-state index contributed by atoms with van der Waals surface area (Å²) < 4.78 is 0. The van der Waals surface area contributed by atoms with Gasteiger partial charge in [-0.25, -0.2) is 4.79 Å². The van der Waals surface area contributed by atoms with E-state index in [0.717, 1.165) is 43.2 Å². The maximum Gasteiger partial charge on any atom is 0.365 e. The highest BCUT2D eigenvalue weighted by Crippen LogP contribution is 2.18. The summed E-state index contributed by atoms with van der Waals surface area (Å²) in [6, 6.07) is 14.1. The number of carbonyl (C=O) groups is 1. The van der Waals surface area contributed by atoms with Crippen LogP contribution < -0.4 is 0 Å². The van der Waals surface area contributed by atoms with Crippen molar-refractivity contribution in [3.63, 3.8) is 0 Å². The summed E-state index contributed by atoms with van der Waals surface area (Å²) in [4.78, 5) is 17.7. The molecule has 2 aromatic carbocycles. The van der Waals surface area contributed by atoms with Crippen molar-refractivity contribution in [3.05, 3.63) is 70.3 Å². The molecule has 2 rings (SSSR count). The Morgan fingerprint density at radius 2 is 1.81 bits per heavy atom. The van der Waals surface area contributed by atoms with Gasteiger partial charge in [0.15, 0.2) is 0 Å². The summed E-state index contributed by atoms with van der Waals surface area (Å²) in [5, 5.41) is 3.90. The zero-order valence-electron chi connectivity index (χ0n) is 17.0. The summed E-state index contributed by atoms with van der Waals surface area (Å²) in [6.45, 7) is 8.62. The Morgan fingerprint density at radius 3 is 2.44 bits per heavy atom. The van der Waals surface area contributed by atoms with Crippen LogP contribution in [0.4, 0.5) is 0 Å². The number of unbranched alkanes of at least 4 members (excludes halogenated alkanes) is 2. The second-order valence-corrected chi connectivity index (χ2v) is 7.24. The molecule has 0 aliphatic heterocycles. The van der Waals surface area contributed by atoms with Gasteiger partial charge in [0.1, 0.15) is 0 Å². The van der Waals surface area contributed by atoms with Crippen molar-refractivity contribution < 1.29 is 9.63 Å². The summed E-state index contributed by atoms with van der Waals surface area (Å²) in [5.74, 6) is 0.102. The van der Waals surface area contributed by atoms with Crippen molar-refractivity contribution in [1.29, 1.82) is 0 Å². The van der Waals surface area contributed by atoms with Gasteiger partial charge in [-0.3, -0.25) is 0 Å². The Labute approximate surface area is 163 Å². The highest BCUT2D eigenvalue weighted by molar-refractivity contribution is 5.91. The molecule has 0 radical (unpaired) electrons. The smallest absolute Gasteiger partial charge is 0.313 e. The predicted molar refractivity (Wildman–Crippen MR) is 113 cm³/mol. The standard InChI is InChI=1S/C24H31NO2/c1-5-7-8-9-22-16-19(6-2)12-15-23(22)24(26)27-25-17-20-10-13-21(14-11-20)18(3)4/h10-18H,5-9H2,1-4H3. The van der Waals surface area contributed by atoms with Crippen molar-refractivity contribution in [2.24, 2.45) is 5.16 Å². The van der Waals surface area contributed by atoms with E-state index >= 15 is 0 Å². The maximum absolute atomic E-state index is 12.5. The van der Waals surface area contributed by atoms with Crippen LogP contribution in [0, 0.1) is 0 Å². The van der Waals surface area contributed by atoms with Gasteiger partial charge >= 0.3 is 5.97 Å². The predicted octanol–water partition coefficient (Wildman–Crippen LogP) is 6.30. The molecule has 0 aromatic heterocycles. The molecule has 0 atom stereocenters. The highest BCUT2D eigenvalue weighted by atomic mass is 16.7. The molecule has 0 spiro atoms. The van der Waals surface area contributed by atoms with E-state index < -0.39 is 0 Å². The zero-order valence-corrected chi connectivity index (χ0v) is 17.0. The maximum atomic E-state index is 12.5. The van der Waals surface area contributed by atoms with Crippen LogP contribution in [0.1, 0.15) is 85.5 Å². The van der Waals surface area contributed by atoms with Crippen LogP contribution in [0.3, 0.4) is 0 Å². The van der Waals surface area contributed by atoms with E-state index in [-0.39, 0.29) is 5.97 Å². The first-order chi connectivity index (χ1) is 13.0. The van der Waals surface area contributed by atoms with Gasteiger partial charge in [0.05, 0.1) is 11.8 Å². The van der Waals surface area contributed by atoms with E-state index in [1.807, 2.05) is 24.3 Å². The Hall–Kier alpha value is -2.42. The monoisotopic (exact) mass is 365 g/mol. The van der Waals surface area contributed by atoms with E-state index in [4.69, 9.17) is 4.84 Å². The quantitative estimate of drug-likeness (QED) is 0.226. The summed E-state index contributed by atoms with van der Waals surface area (Å²) in [6.07, 6.45) is 6.84. The Kier molecular flexibility index (Phi) is 8.25. The fraction of sp³-hybridized carbons (Fsp3) is 0.417. The van der Waals surface area contributed by atoms with Crippen LogP contribution in [-0.2, 0) is 17.7 Å². The molecule has 0 saturated carbocycles. The normalized spacial score (nSPS) is 11.3. The molecular weight excluding hydrogens is 334 g/mol. The van der Waals surface area contributed by atoms with E-state index in [2.05, 4.69) is 51.0 Å². The largest absolute Gasteiger partial charge is 0.365 e. The Balaban J connectivity index is 2.05. The lowest BCUT2D eigenvalue weighted by Gasteiger charge is -2.09. The van der Waals surface area contributed by atoms with E-state index in [9.17, 15) is 4.79 Å². The third-order valence-electron chi connectivity index (χ3n) is 4.79. The number of carbonyl (C=O) groups excluding carboxylic acids is 1. The fourth-order valence-electron chi connectivity index (χ4n) is 2.99. The van der Waals surface area contributed by atoms with Crippen LogP contribution >= 0.6 is 0 Å². The lowest BCUT2D eigenvalue weighted by molar-refractivity contribution is 0.0518. The van der Waals surface area contributed by atoms with Gasteiger partial charge in [0.25, 0.3) is 0 Å². The molecule has 0 fully saturated rings. The topological polar surface area (TPSA) is 38.7 Å². The van der Waals surface area contributed by atoms with Crippen LogP contribution in [-0.4, -0.2) is 12.2 Å². The van der Waals surface area contributed by atoms with Crippen molar-refractivity contribution in [2.45, 2.75) is 65.7 Å². The van der Waals surface area contributed by atoms with Gasteiger partial charge in [0.2, 0.25) is 0 Å². The molecule has 0 aliphatic rings. The third-order valence-corrected chi connectivity index (χ3v) is 4.79. The first-order valence-electron chi connectivity index (χ1n) is 10.0. The highest BCUT2D eigenvalue weighted by Gasteiger charge is 2.13. The lowest BCUT2D eigenvalue weighted by atomic mass is 9.98. The average Bonchev–Trinajstić information content (AvgIpc) is 2.68. The fourth-order valence-corrected chi connectivity index (χ4v) is 2.99. The van der Waals surface area contributed by atoms with Crippen molar-refractivity contribution >= 4 is 12.2 Å². The SMILES string of the molecule is CCCCCc1cc(CC)ccc1C(=O)ON=Cc1ccc(C(C)C)cc1. The molecule has 2 aromatic rings. The van der Waals surface area contributed by atoms with Crippen molar-refractivity contribution in [3.8, 4) is 0 Å². The van der Waals surface area contributed by atoms with Gasteiger partial charge in [-0.1, -0.05) is 82.1 Å². The zero-order chi connectivity index (χ0) is 19.6. The molecule has 0 bridgehead atoms. The van der Waals surface area contributed by atoms with E-state index in [0.29, 0.717) is 11.5 Å². The molecule has 0 aliphatic carbocycles. The molecule has 144 valence electrons. The third kappa shape index (κ3) is 6.35.